The number of ether oxygens (including phenoxy) is 1. The van der Waals surface area contributed by atoms with Crippen molar-refractivity contribution in [2.45, 2.75) is 37.5 Å². The van der Waals surface area contributed by atoms with E-state index >= 15 is 0 Å². The van der Waals surface area contributed by atoms with Crippen molar-refractivity contribution < 1.29 is 8.95 Å². The Balaban J connectivity index is 2.04. The van der Waals surface area contributed by atoms with Crippen LogP contribution in [-0.2, 0) is 9.93 Å². The Morgan fingerprint density at radius 2 is 1.76 bits per heavy atom. The van der Waals surface area contributed by atoms with Gasteiger partial charge in [-0.2, -0.15) is 0 Å². The summed E-state index contributed by atoms with van der Waals surface area (Å²) in [5.41, 5.74) is 0. The SMILES string of the molecule is CCCCOc1ccc([SH]2(=O)CCCC2)c2ccccc12. The van der Waals surface area contributed by atoms with Crippen molar-refractivity contribution in [1.29, 1.82) is 0 Å². The highest BCUT2D eigenvalue weighted by atomic mass is 32.2. The molecule has 0 radical (unpaired) electrons. The Morgan fingerprint density at radius 3 is 2.48 bits per heavy atom. The molecular formula is C18H24O2S. The smallest absolute Gasteiger partial charge is 0.127 e. The van der Waals surface area contributed by atoms with Gasteiger partial charge in [0.15, 0.2) is 0 Å². The summed E-state index contributed by atoms with van der Waals surface area (Å²) in [5, 5.41) is 2.23. The average Bonchev–Trinajstić information content (AvgIpc) is 2.95. The molecule has 1 heterocycles. The van der Waals surface area contributed by atoms with E-state index in [4.69, 9.17) is 4.74 Å². The van der Waals surface area contributed by atoms with Gasteiger partial charge in [-0.3, -0.25) is 4.21 Å². The summed E-state index contributed by atoms with van der Waals surface area (Å²) in [6.45, 7) is 2.91. The van der Waals surface area contributed by atoms with Crippen LogP contribution in [0.1, 0.15) is 32.6 Å². The molecule has 21 heavy (non-hydrogen) atoms. The van der Waals surface area contributed by atoms with Crippen LogP contribution >= 0.6 is 0 Å². The lowest BCUT2D eigenvalue weighted by atomic mass is 10.1. The van der Waals surface area contributed by atoms with E-state index in [1.54, 1.807) is 0 Å². The Morgan fingerprint density at radius 1 is 1.05 bits per heavy atom. The van der Waals surface area contributed by atoms with Crippen molar-refractivity contribution in [3.05, 3.63) is 36.4 Å². The molecule has 0 saturated carbocycles. The summed E-state index contributed by atoms with van der Waals surface area (Å²) >= 11 is 0. The van der Waals surface area contributed by atoms with Gasteiger partial charge < -0.3 is 4.74 Å². The summed E-state index contributed by atoms with van der Waals surface area (Å²) in [6, 6.07) is 12.3. The minimum Gasteiger partial charge on any atom is -0.493 e. The molecule has 3 heteroatoms. The monoisotopic (exact) mass is 304 g/mol. The van der Waals surface area contributed by atoms with Gasteiger partial charge in [0.25, 0.3) is 0 Å². The van der Waals surface area contributed by atoms with Crippen LogP contribution in [0.15, 0.2) is 41.3 Å². The predicted octanol–water partition coefficient (Wildman–Crippen LogP) is 4.19. The maximum atomic E-state index is 13.2. The highest BCUT2D eigenvalue weighted by molar-refractivity contribution is 8.03. The van der Waals surface area contributed by atoms with Gasteiger partial charge in [-0.15, -0.1) is 0 Å². The van der Waals surface area contributed by atoms with Gasteiger partial charge in [0.1, 0.15) is 5.75 Å². The van der Waals surface area contributed by atoms with Gasteiger partial charge >= 0.3 is 0 Å². The Labute approximate surface area is 127 Å². The van der Waals surface area contributed by atoms with E-state index in [-0.39, 0.29) is 0 Å². The van der Waals surface area contributed by atoms with E-state index in [0.29, 0.717) is 0 Å². The summed E-state index contributed by atoms with van der Waals surface area (Å²) < 4.78 is 19.1. The van der Waals surface area contributed by atoms with E-state index in [0.717, 1.165) is 65.2 Å². The zero-order valence-electron chi connectivity index (χ0n) is 12.7. The minimum absolute atomic E-state index is 0.748. The first kappa shape index (κ1) is 14.6. The molecule has 0 bridgehead atoms. The van der Waals surface area contributed by atoms with Crippen molar-refractivity contribution in [2.24, 2.45) is 0 Å². The molecule has 2 aromatic rings. The second-order valence-corrected chi connectivity index (χ2v) is 9.03. The molecule has 114 valence electrons. The normalized spacial score (nSPS) is 18.7. The summed E-state index contributed by atoms with van der Waals surface area (Å²) in [5.74, 6) is 2.66. The van der Waals surface area contributed by atoms with Crippen molar-refractivity contribution in [1.82, 2.24) is 0 Å². The molecule has 0 aromatic heterocycles. The number of unbranched alkanes of at least 4 members (excludes halogenated alkanes) is 1. The second kappa shape index (κ2) is 6.18. The zero-order chi connectivity index (χ0) is 14.7. The fourth-order valence-electron chi connectivity index (χ4n) is 3.15. The molecular weight excluding hydrogens is 280 g/mol. The van der Waals surface area contributed by atoms with Gasteiger partial charge in [-0.25, -0.2) is 0 Å². The number of fused-ring (bicyclic) bond motifs is 1. The number of hydrogen-bond acceptors (Lipinski definition) is 2. The average molecular weight is 304 g/mol. The van der Waals surface area contributed by atoms with E-state index < -0.39 is 9.93 Å². The predicted molar refractivity (Wildman–Crippen MR) is 91.1 cm³/mol. The highest BCUT2D eigenvalue weighted by Gasteiger charge is 2.25. The lowest BCUT2D eigenvalue weighted by molar-refractivity contribution is 0.313. The lowest BCUT2D eigenvalue weighted by Gasteiger charge is -2.21. The van der Waals surface area contributed by atoms with Gasteiger partial charge in [-0.05, 0) is 36.8 Å². The van der Waals surface area contributed by atoms with Gasteiger partial charge in [0.2, 0.25) is 0 Å². The van der Waals surface area contributed by atoms with E-state index in [1.807, 2.05) is 18.2 Å². The van der Waals surface area contributed by atoms with Crippen LogP contribution in [0.5, 0.6) is 5.75 Å². The first-order valence-corrected chi connectivity index (χ1v) is 10.1. The van der Waals surface area contributed by atoms with Crippen LogP contribution in [0.3, 0.4) is 0 Å². The third-order valence-electron chi connectivity index (χ3n) is 4.34. The Hall–Kier alpha value is -1.35. The molecule has 1 saturated heterocycles. The Bertz CT molecular complexity index is 668. The van der Waals surface area contributed by atoms with Crippen molar-refractivity contribution in [2.75, 3.05) is 18.1 Å². The number of rotatable bonds is 5. The van der Waals surface area contributed by atoms with Crippen molar-refractivity contribution in [3.63, 3.8) is 0 Å². The van der Waals surface area contributed by atoms with Crippen LogP contribution < -0.4 is 4.74 Å². The first-order chi connectivity index (χ1) is 10.2. The molecule has 0 N–H and O–H groups in total. The summed E-state index contributed by atoms with van der Waals surface area (Å²) in [6.07, 6.45) is 4.39. The third-order valence-corrected chi connectivity index (χ3v) is 7.69. The lowest BCUT2D eigenvalue weighted by Crippen LogP contribution is -2.14. The molecule has 2 aromatic carbocycles. The largest absolute Gasteiger partial charge is 0.493 e. The van der Waals surface area contributed by atoms with Crippen LogP contribution in [0.2, 0.25) is 0 Å². The van der Waals surface area contributed by atoms with Gasteiger partial charge in [0, 0.05) is 21.8 Å². The molecule has 1 aliphatic heterocycles. The van der Waals surface area contributed by atoms with Crippen LogP contribution in [-0.4, -0.2) is 22.3 Å². The van der Waals surface area contributed by atoms with Crippen LogP contribution in [0.4, 0.5) is 0 Å². The quantitative estimate of drug-likeness (QED) is 0.662. The minimum atomic E-state index is -2.17. The molecule has 0 unspecified atom stereocenters. The number of benzene rings is 2. The molecule has 0 atom stereocenters. The fourth-order valence-corrected chi connectivity index (χ4v) is 6.30. The van der Waals surface area contributed by atoms with E-state index in [9.17, 15) is 4.21 Å². The maximum Gasteiger partial charge on any atom is 0.127 e. The molecule has 0 amide bonds. The number of hydrogen-bond donors (Lipinski definition) is 1. The molecule has 2 nitrogen and oxygen atoms in total. The Kier molecular flexibility index (Phi) is 4.29. The van der Waals surface area contributed by atoms with E-state index in [1.165, 1.54) is 0 Å². The standard InChI is InChI=1S/C18H24O2S/c1-2-3-12-20-17-10-11-18(21(19)13-6-7-14-21)16-9-5-4-8-15(16)17/h4-5,8-11,21H,2-3,6-7,12-14H2,1H3. The molecule has 1 fully saturated rings. The first-order valence-electron chi connectivity index (χ1n) is 7.98. The molecule has 3 rings (SSSR count). The zero-order valence-corrected chi connectivity index (χ0v) is 13.6. The van der Waals surface area contributed by atoms with Crippen LogP contribution in [0.25, 0.3) is 10.8 Å². The maximum absolute atomic E-state index is 13.2. The van der Waals surface area contributed by atoms with Crippen LogP contribution in [0, 0.1) is 0 Å². The van der Waals surface area contributed by atoms with E-state index in [2.05, 4.69) is 25.1 Å². The van der Waals surface area contributed by atoms with Gasteiger partial charge in [0.05, 0.1) is 6.61 Å². The number of thiol groups is 1. The summed E-state index contributed by atoms with van der Waals surface area (Å²) in [4.78, 5) is 1.07. The highest BCUT2D eigenvalue weighted by Crippen LogP contribution is 2.37. The fraction of sp³-hybridized carbons (Fsp3) is 0.444. The van der Waals surface area contributed by atoms with Crippen molar-refractivity contribution >= 4 is 20.7 Å². The molecule has 0 spiro atoms. The topological polar surface area (TPSA) is 26.3 Å². The molecule has 1 aliphatic rings. The molecule has 0 aliphatic carbocycles. The third kappa shape index (κ3) is 2.84. The van der Waals surface area contributed by atoms with Gasteiger partial charge in [-0.1, -0.05) is 47.5 Å². The second-order valence-electron chi connectivity index (χ2n) is 5.87. The summed E-state index contributed by atoms with van der Waals surface area (Å²) in [7, 11) is -2.17. The van der Waals surface area contributed by atoms with Crippen molar-refractivity contribution in [3.8, 4) is 5.75 Å².